The monoisotopic (exact) mass is 142 g/mol. The third-order valence-electron chi connectivity index (χ3n) is 1.31. The molecule has 1 aromatic rings. The van der Waals surface area contributed by atoms with Gasteiger partial charge < -0.3 is 0 Å². The zero-order valence-corrected chi connectivity index (χ0v) is 6.29. The first kappa shape index (κ1) is 7.05. The van der Waals surface area contributed by atoms with E-state index in [0.29, 0.717) is 5.69 Å². The van der Waals surface area contributed by atoms with Crippen LogP contribution in [0.15, 0.2) is 9.42 Å². The van der Waals surface area contributed by atoms with Gasteiger partial charge in [-0.1, -0.05) is 19.0 Å². The molecule has 0 fully saturated rings. The summed E-state index contributed by atoms with van der Waals surface area (Å²) in [6.45, 7) is 3.80. The largest absolute Gasteiger partial charge is 0.306 e. The molecule has 0 saturated heterocycles. The van der Waals surface area contributed by atoms with Crippen LogP contribution >= 0.6 is 0 Å². The Labute approximate surface area is 58.4 Å². The SMILES string of the molecule is CC(C)c1non(C)c1=O. The lowest BCUT2D eigenvalue weighted by molar-refractivity contribution is 0.213. The molecule has 0 saturated carbocycles. The van der Waals surface area contributed by atoms with Crippen LogP contribution in [0, 0.1) is 0 Å². The minimum Gasteiger partial charge on any atom is -0.265 e. The van der Waals surface area contributed by atoms with Gasteiger partial charge in [-0.25, -0.2) is 0 Å². The minimum atomic E-state index is -0.144. The molecule has 4 heteroatoms. The molecule has 0 aliphatic rings. The van der Waals surface area contributed by atoms with Crippen molar-refractivity contribution in [3.05, 3.63) is 16.0 Å². The van der Waals surface area contributed by atoms with Crippen molar-refractivity contribution in [3.8, 4) is 0 Å². The zero-order valence-electron chi connectivity index (χ0n) is 6.29. The highest BCUT2D eigenvalue weighted by molar-refractivity contribution is 4.97. The first-order valence-electron chi connectivity index (χ1n) is 3.16. The van der Waals surface area contributed by atoms with E-state index < -0.39 is 0 Å². The Hall–Kier alpha value is -1.06. The van der Waals surface area contributed by atoms with Gasteiger partial charge >= 0.3 is 5.56 Å². The Balaban J connectivity index is 3.18. The van der Waals surface area contributed by atoms with Gasteiger partial charge in [0.2, 0.25) is 0 Å². The molecule has 0 N–H and O–H groups in total. The molecule has 0 bridgehead atoms. The molecule has 1 heterocycles. The average Bonchev–Trinajstić information content (AvgIpc) is 2.14. The van der Waals surface area contributed by atoms with Gasteiger partial charge in [0.25, 0.3) is 0 Å². The molecule has 1 aromatic heterocycles. The third-order valence-corrected chi connectivity index (χ3v) is 1.31. The van der Waals surface area contributed by atoms with E-state index in [1.165, 1.54) is 0 Å². The fourth-order valence-corrected chi connectivity index (χ4v) is 0.695. The molecule has 0 unspecified atom stereocenters. The molecule has 0 spiro atoms. The summed E-state index contributed by atoms with van der Waals surface area (Å²) in [5.74, 6) is 0.137. The predicted octanol–water partition coefficient (Wildman–Crippen LogP) is 0.497. The van der Waals surface area contributed by atoms with Crippen LogP contribution in [0.1, 0.15) is 25.5 Å². The van der Waals surface area contributed by atoms with E-state index in [9.17, 15) is 4.79 Å². The van der Waals surface area contributed by atoms with Gasteiger partial charge in [-0.15, -0.1) is 4.74 Å². The van der Waals surface area contributed by atoms with E-state index >= 15 is 0 Å². The van der Waals surface area contributed by atoms with Crippen molar-refractivity contribution in [3.63, 3.8) is 0 Å². The molecule has 1 rings (SSSR count). The van der Waals surface area contributed by atoms with Gasteiger partial charge in [-0.2, -0.15) is 0 Å². The van der Waals surface area contributed by atoms with Crippen molar-refractivity contribution in [1.82, 2.24) is 9.90 Å². The Morgan fingerprint density at radius 1 is 1.60 bits per heavy atom. The second kappa shape index (κ2) is 2.28. The number of rotatable bonds is 1. The highest BCUT2D eigenvalue weighted by Crippen LogP contribution is 2.04. The Bertz CT molecular complexity index is 272. The summed E-state index contributed by atoms with van der Waals surface area (Å²) in [7, 11) is 1.54. The maximum Gasteiger partial charge on any atom is 0.306 e. The van der Waals surface area contributed by atoms with Crippen LogP contribution < -0.4 is 5.56 Å². The van der Waals surface area contributed by atoms with Crippen LogP contribution in [0.3, 0.4) is 0 Å². The van der Waals surface area contributed by atoms with Crippen LogP contribution in [0.25, 0.3) is 0 Å². The van der Waals surface area contributed by atoms with E-state index in [4.69, 9.17) is 0 Å². The van der Waals surface area contributed by atoms with Crippen molar-refractivity contribution >= 4 is 0 Å². The lowest BCUT2D eigenvalue weighted by Gasteiger charge is -1.90. The number of aryl methyl sites for hydroxylation is 1. The molecule has 0 aromatic carbocycles. The lowest BCUT2D eigenvalue weighted by Crippen LogP contribution is -2.14. The van der Waals surface area contributed by atoms with Crippen LogP contribution in [-0.2, 0) is 7.05 Å². The number of nitrogens with zero attached hydrogens (tertiary/aromatic N) is 2. The smallest absolute Gasteiger partial charge is 0.265 e. The summed E-state index contributed by atoms with van der Waals surface area (Å²) in [4.78, 5) is 11.0. The minimum absolute atomic E-state index is 0.137. The Morgan fingerprint density at radius 3 is 2.40 bits per heavy atom. The summed E-state index contributed by atoms with van der Waals surface area (Å²) >= 11 is 0. The summed E-state index contributed by atoms with van der Waals surface area (Å²) in [6, 6.07) is 0. The molecule has 0 radical (unpaired) electrons. The van der Waals surface area contributed by atoms with E-state index in [2.05, 4.69) is 9.79 Å². The standard InChI is InChI=1S/C6H10N2O2/c1-4(2)5-6(9)8(3)10-7-5/h4H,1-3H3. The van der Waals surface area contributed by atoms with Gasteiger partial charge in [-0.3, -0.25) is 9.42 Å². The molecule has 10 heavy (non-hydrogen) atoms. The van der Waals surface area contributed by atoms with Gasteiger partial charge in [-0.05, 0) is 0 Å². The average molecular weight is 142 g/mol. The molecular weight excluding hydrogens is 132 g/mol. The van der Waals surface area contributed by atoms with Crippen LogP contribution in [0.2, 0.25) is 0 Å². The third kappa shape index (κ3) is 0.964. The molecule has 4 nitrogen and oxygen atoms in total. The highest BCUT2D eigenvalue weighted by Gasteiger charge is 2.10. The van der Waals surface area contributed by atoms with Gasteiger partial charge in [0.05, 0.1) is 7.05 Å². The summed E-state index contributed by atoms with van der Waals surface area (Å²) in [5, 5.41) is 3.59. The second-order valence-electron chi connectivity index (χ2n) is 2.52. The van der Waals surface area contributed by atoms with Crippen molar-refractivity contribution in [2.24, 2.45) is 7.05 Å². The fourth-order valence-electron chi connectivity index (χ4n) is 0.695. The van der Waals surface area contributed by atoms with Crippen LogP contribution in [0.5, 0.6) is 0 Å². The zero-order chi connectivity index (χ0) is 7.72. The van der Waals surface area contributed by atoms with Gasteiger partial charge in [0.15, 0.2) is 5.69 Å². The summed E-state index contributed by atoms with van der Waals surface area (Å²) in [6.07, 6.45) is 0. The fraction of sp³-hybridized carbons (Fsp3) is 0.667. The molecule has 0 aliphatic heterocycles. The number of hydrogen-bond donors (Lipinski definition) is 0. The van der Waals surface area contributed by atoms with Crippen molar-refractivity contribution in [2.75, 3.05) is 0 Å². The normalized spacial score (nSPS) is 10.8. The van der Waals surface area contributed by atoms with Gasteiger partial charge in [0.1, 0.15) is 0 Å². The molecule has 0 atom stereocenters. The molecular formula is C6H10N2O2. The number of aromatic nitrogens is 2. The van der Waals surface area contributed by atoms with E-state index in [1.54, 1.807) is 7.05 Å². The lowest BCUT2D eigenvalue weighted by atomic mass is 10.1. The Morgan fingerprint density at radius 2 is 2.20 bits per heavy atom. The maximum atomic E-state index is 11.0. The van der Waals surface area contributed by atoms with Crippen molar-refractivity contribution in [1.29, 1.82) is 0 Å². The summed E-state index contributed by atoms with van der Waals surface area (Å²) < 4.78 is 5.73. The quantitative estimate of drug-likeness (QED) is 0.573. The Kier molecular flexibility index (Phi) is 1.61. The highest BCUT2D eigenvalue weighted by atomic mass is 16.6. The number of hydrogen-bond acceptors (Lipinski definition) is 3. The van der Waals surface area contributed by atoms with E-state index in [1.807, 2.05) is 13.8 Å². The van der Waals surface area contributed by atoms with E-state index in [-0.39, 0.29) is 11.5 Å². The van der Waals surface area contributed by atoms with Crippen molar-refractivity contribution in [2.45, 2.75) is 19.8 Å². The van der Waals surface area contributed by atoms with Crippen molar-refractivity contribution < 1.29 is 4.63 Å². The molecule has 56 valence electrons. The van der Waals surface area contributed by atoms with Crippen LogP contribution in [-0.4, -0.2) is 9.90 Å². The van der Waals surface area contributed by atoms with E-state index in [0.717, 1.165) is 4.74 Å². The van der Waals surface area contributed by atoms with Gasteiger partial charge in [0, 0.05) is 5.92 Å². The second-order valence-corrected chi connectivity index (χ2v) is 2.52. The molecule has 0 aliphatic carbocycles. The van der Waals surface area contributed by atoms with Crippen LogP contribution in [0.4, 0.5) is 0 Å². The first-order chi connectivity index (χ1) is 4.63. The molecule has 0 amide bonds. The maximum absolute atomic E-state index is 11.0. The predicted molar refractivity (Wildman–Crippen MR) is 35.8 cm³/mol. The first-order valence-corrected chi connectivity index (χ1v) is 3.16. The topological polar surface area (TPSA) is 48.0 Å². The summed E-state index contributed by atoms with van der Waals surface area (Å²) in [5.41, 5.74) is 0.345.